The van der Waals surface area contributed by atoms with Crippen LogP contribution in [-0.2, 0) is 22.8 Å². The van der Waals surface area contributed by atoms with Crippen molar-refractivity contribution in [1.82, 2.24) is 15.1 Å². The van der Waals surface area contributed by atoms with Crippen LogP contribution in [0.15, 0.2) is 0 Å². The van der Waals surface area contributed by atoms with E-state index in [-0.39, 0.29) is 5.75 Å². The Bertz CT molecular complexity index is 568. The molecule has 0 saturated heterocycles. The normalized spacial score (nSPS) is 12.9. The van der Waals surface area contributed by atoms with Gasteiger partial charge in [-0.1, -0.05) is 6.92 Å². The maximum absolute atomic E-state index is 12.2. The Hall–Kier alpha value is -0.880. The Balaban J connectivity index is 2.80. The van der Waals surface area contributed by atoms with Crippen molar-refractivity contribution in [2.24, 2.45) is 0 Å². The maximum Gasteiger partial charge on any atom is 0.157 e. The third kappa shape index (κ3) is 4.54. The molecular weight excluding hydrogens is 286 g/mol. The second kappa shape index (κ2) is 6.92. The summed E-state index contributed by atoms with van der Waals surface area (Å²) < 4.78 is 25.5. The second-order valence-corrected chi connectivity index (χ2v) is 9.27. The van der Waals surface area contributed by atoms with Crippen LogP contribution in [0.5, 0.6) is 0 Å². The number of aryl methyl sites for hydroxylation is 2. The molecule has 0 saturated carbocycles. The SMILES string of the molecule is CCNCCc1c(C)nn(CCS(=O)(=O)C(C)(C)C)c1C. The molecule has 1 rings (SSSR count). The Kier molecular flexibility index (Phi) is 5.99. The fourth-order valence-electron chi connectivity index (χ4n) is 2.22. The number of rotatable bonds is 7. The van der Waals surface area contributed by atoms with Crippen LogP contribution in [0.25, 0.3) is 0 Å². The lowest BCUT2D eigenvalue weighted by Crippen LogP contribution is -2.32. The van der Waals surface area contributed by atoms with Gasteiger partial charge < -0.3 is 5.32 Å². The number of nitrogens with zero attached hydrogens (tertiary/aromatic N) is 2. The average molecular weight is 315 g/mol. The quantitative estimate of drug-likeness (QED) is 0.780. The lowest BCUT2D eigenvalue weighted by Gasteiger charge is -2.19. The Morgan fingerprint density at radius 2 is 1.86 bits per heavy atom. The molecule has 0 fully saturated rings. The van der Waals surface area contributed by atoms with Gasteiger partial charge in [0.2, 0.25) is 0 Å². The predicted octanol–water partition coefficient (Wildman–Crippen LogP) is 1.87. The summed E-state index contributed by atoms with van der Waals surface area (Å²) in [5.74, 6) is 0.130. The van der Waals surface area contributed by atoms with E-state index in [1.807, 2.05) is 18.5 Å². The van der Waals surface area contributed by atoms with Gasteiger partial charge in [-0.3, -0.25) is 4.68 Å². The molecule has 0 radical (unpaired) electrons. The van der Waals surface area contributed by atoms with Crippen LogP contribution in [0, 0.1) is 13.8 Å². The third-order valence-corrected chi connectivity index (χ3v) is 6.42. The number of hydrogen-bond acceptors (Lipinski definition) is 4. The molecule has 1 aromatic heterocycles. The van der Waals surface area contributed by atoms with E-state index in [9.17, 15) is 8.42 Å². The fraction of sp³-hybridized carbons (Fsp3) is 0.800. The van der Waals surface area contributed by atoms with Crippen molar-refractivity contribution in [3.05, 3.63) is 17.0 Å². The molecule has 0 amide bonds. The first-order chi connectivity index (χ1) is 9.60. The van der Waals surface area contributed by atoms with Gasteiger partial charge in [-0.25, -0.2) is 8.42 Å². The number of nitrogens with one attached hydrogen (secondary N) is 1. The minimum atomic E-state index is -3.11. The van der Waals surface area contributed by atoms with E-state index in [4.69, 9.17) is 0 Å². The lowest BCUT2D eigenvalue weighted by atomic mass is 10.1. The minimum Gasteiger partial charge on any atom is -0.317 e. The zero-order chi connectivity index (χ0) is 16.3. The summed E-state index contributed by atoms with van der Waals surface area (Å²) in [6.07, 6.45) is 0.928. The van der Waals surface area contributed by atoms with Crippen molar-refractivity contribution >= 4 is 9.84 Å². The molecule has 21 heavy (non-hydrogen) atoms. The summed E-state index contributed by atoms with van der Waals surface area (Å²) in [6.45, 7) is 13.6. The smallest absolute Gasteiger partial charge is 0.157 e. The molecular formula is C15H29N3O2S. The van der Waals surface area contributed by atoms with E-state index >= 15 is 0 Å². The van der Waals surface area contributed by atoms with E-state index in [0.717, 1.165) is 30.9 Å². The number of sulfone groups is 1. The molecule has 6 heteroatoms. The Morgan fingerprint density at radius 1 is 1.24 bits per heavy atom. The summed E-state index contributed by atoms with van der Waals surface area (Å²) >= 11 is 0. The highest BCUT2D eigenvalue weighted by Crippen LogP contribution is 2.18. The van der Waals surface area contributed by atoms with Crippen LogP contribution < -0.4 is 5.32 Å². The van der Waals surface area contributed by atoms with Crippen LogP contribution in [0.1, 0.15) is 44.6 Å². The molecule has 1 aromatic rings. The lowest BCUT2D eigenvalue weighted by molar-refractivity contribution is 0.545. The monoisotopic (exact) mass is 315 g/mol. The second-order valence-electron chi connectivity index (χ2n) is 6.41. The molecule has 1 heterocycles. The molecule has 0 aromatic carbocycles. The van der Waals surface area contributed by atoms with E-state index in [0.29, 0.717) is 6.54 Å². The van der Waals surface area contributed by atoms with Gasteiger partial charge >= 0.3 is 0 Å². The number of aromatic nitrogens is 2. The van der Waals surface area contributed by atoms with Gasteiger partial charge in [0.1, 0.15) is 0 Å². The van der Waals surface area contributed by atoms with Crippen molar-refractivity contribution < 1.29 is 8.42 Å². The summed E-state index contributed by atoms with van der Waals surface area (Å²) in [4.78, 5) is 0. The molecule has 5 nitrogen and oxygen atoms in total. The van der Waals surface area contributed by atoms with Crippen LogP contribution in [-0.4, -0.2) is 41.8 Å². The Morgan fingerprint density at radius 3 is 2.38 bits per heavy atom. The molecule has 0 aliphatic carbocycles. The average Bonchev–Trinajstić information content (AvgIpc) is 2.62. The largest absolute Gasteiger partial charge is 0.317 e. The molecule has 0 spiro atoms. The van der Waals surface area contributed by atoms with Gasteiger partial charge in [0.25, 0.3) is 0 Å². The maximum atomic E-state index is 12.2. The van der Waals surface area contributed by atoms with Gasteiger partial charge in [0, 0.05) is 5.69 Å². The van der Waals surface area contributed by atoms with Crippen LogP contribution in [0.3, 0.4) is 0 Å². The van der Waals surface area contributed by atoms with Gasteiger partial charge in [-0.15, -0.1) is 0 Å². The zero-order valence-corrected chi connectivity index (χ0v) is 15.0. The van der Waals surface area contributed by atoms with Crippen molar-refractivity contribution in [3.8, 4) is 0 Å². The molecule has 122 valence electrons. The van der Waals surface area contributed by atoms with Crippen LogP contribution in [0.4, 0.5) is 0 Å². The molecule has 0 aliphatic heterocycles. The molecule has 0 unspecified atom stereocenters. The van der Waals surface area contributed by atoms with Gasteiger partial charge in [0.05, 0.1) is 22.7 Å². The molecule has 0 bridgehead atoms. The predicted molar refractivity (Wildman–Crippen MR) is 87.5 cm³/mol. The minimum absolute atomic E-state index is 0.130. The summed E-state index contributed by atoms with van der Waals surface area (Å²) in [5, 5.41) is 7.80. The third-order valence-electron chi connectivity index (χ3n) is 3.84. The van der Waals surface area contributed by atoms with Crippen molar-refractivity contribution in [3.63, 3.8) is 0 Å². The van der Waals surface area contributed by atoms with Crippen molar-refractivity contribution in [2.75, 3.05) is 18.8 Å². The molecule has 0 aliphatic rings. The highest BCUT2D eigenvalue weighted by atomic mass is 32.2. The first-order valence-corrected chi connectivity index (χ1v) is 9.21. The first-order valence-electron chi connectivity index (χ1n) is 7.56. The van der Waals surface area contributed by atoms with Crippen LogP contribution in [0.2, 0.25) is 0 Å². The fourth-order valence-corrected chi connectivity index (χ4v) is 3.24. The number of likely N-dealkylation sites (N-methyl/N-ethyl adjacent to an activating group) is 1. The number of hydrogen-bond donors (Lipinski definition) is 1. The van der Waals surface area contributed by atoms with E-state index in [1.54, 1.807) is 20.8 Å². The first kappa shape index (κ1) is 18.2. The van der Waals surface area contributed by atoms with Crippen molar-refractivity contribution in [1.29, 1.82) is 0 Å². The van der Waals surface area contributed by atoms with E-state index in [1.165, 1.54) is 5.56 Å². The summed E-state index contributed by atoms with van der Waals surface area (Å²) in [7, 11) is -3.11. The van der Waals surface area contributed by atoms with Gasteiger partial charge in [-0.2, -0.15) is 5.10 Å². The van der Waals surface area contributed by atoms with E-state index in [2.05, 4.69) is 17.3 Å². The summed E-state index contributed by atoms with van der Waals surface area (Å²) in [5.41, 5.74) is 3.30. The molecule has 0 atom stereocenters. The highest BCUT2D eigenvalue weighted by molar-refractivity contribution is 7.92. The molecule has 1 N–H and O–H groups in total. The topological polar surface area (TPSA) is 64.0 Å². The summed E-state index contributed by atoms with van der Waals surface area (Å²) in [6, 6.07) is 0. The van der Waals surface area contributed by atoms with Crippen molar-refractivity contribution in [2.45, 2.75) is 59.3 Å². The Labute approximate surface area is 129 Å². The standard InChI is InChI=1S/C15H29N3O2S/c1-7-16-9-8-14-12(2)17-18(13(14)3)10-11-21(19,20)15(4,5)6/h16H,7-11H2,1-6H3. The highest BCUT2D eigenvalue weighted by Gasteiger charge is 2.28. The van der Waals surface area contributed by atoms with E-state index < -0.39 is 14.6 Å². The zero-order valence-electron chi connectivity index (χ0n) is 14.2. The van der Waals surface area contributed by atoms with Gasteiger partial charge in [0.15, 0.2) is 9.84 Å². The van der Waals surface area contributed by atoms with Crippen LogP contribution >= 0.6 is 0 Å². The van der Waals surface area contributed by atoms with Gasteiger partial charge in [-0.05, 0) is 59.7 Å².